The number of morpholine rings is 1. The van der Waals surface area contributed by atoms with Crippen LogP contribution in [0.15, 0.2) is 24.3 Å². The molecule has 2 amide bonds. The number of nitrogens with zero attached hydrogens (tertiary/aromatic N) is 3. The van der Waals surface area contributed by atoms with Crippen molar-refractivity contribution in [2.24, 2.45) is 0 Å². The minimum atomic E-state index is -0.286. The van der Waals surface area contributed by atoms with Crippen LogP contribution in [0.2, 0.25) is 0 Å². The van der Waals surface area contributed by atoms with Crippen LogP contribution >= 0.6 is 0 Å². The molecule has 3 rings (SSSR count). The summed E-state index contributed by atoms with van der Waals surface area (Å²) >= 11 is 0. The van der Waals surface area contributed by atoms with E-state index in [0.29, 0.717) is 5.82 Å². The second-order valence-electron chi connectivity index (χ2n) is 8.30. The van der Waals surface area contributed by atoms with Crippen molar-refractivity contribution in [1.29, 1.82) is 0 Å². The third kappa shape index (κ3) is 5.44. The average Bonchev–Trinajstić information content (AvgIpc) is 2.68. The van der Waals surface area contributed by atoms with Crippen LogP contribution in [0.3, 0.4) is 0 Å². The first-order valence-electron chi connectivity index (χ1n) is 10.2. The predicted octanol–water partition coefficient (Wildman–Crippen LogP) is 3.77. The number of urea groups is 1. The zero-order chi connectivity index (χ0) is 21.0. The molecule has 7 heteroatoms. The number of carbonyl (C=O) groups is 1. The third-order valence-electron chi connectivity index (χ3n) is 4.76. The van der Waals surface area contributed by atoms with Gasteiger partial charge in [0.05, 0.1) is 13.2 Å². The molecule has 2 aromatic rings. The molecule has 1 saturated heterocycles. The number of amides is 2. The van der Waals surface area contributed by atoms with Crippen molar-refractivity contribution < 1.29 is 9.53 Å². The molecule has 2 N–H and O–H groups in total. The van der Waals surface area contributed by atoms with Gasteiger partial charge >= 0.3 is 6.03 Å². The molecule has 0 spiro atoms. The second-order valence-corrected chi connectivity index (χ2v) is 8.30. The minimum Gasteiger partial charge on any atom is -0.378 e. The number of rotatable bonds is 4. The van der Waals surface area contributed by atoms with E-state index in [1.54, 1.807) is 0 Å². The fourth-order valence-corrected chi connectivity index (χ4v) is 3.31. The molecule has 1 fully saturated rings. The summed E-state index contributed by atoms with van der Waals surface area (Å²) in [6.45, 7) is 13.2. The molecule has 0 unspecified atom stereocenters. The van der Waals surface area contributed by atoms with Gasteiger partial charge in [-0.3, -0.25) is 0 Å². The standard InChI is InChI=1S/C22H31N5O2/c1-6-18-15(2)20(27-11-13-29-14-12-27)25-19(24-18)16-7-9-17(10-8-16)23-21(28)26-22(3,4)5/h7-10H,6,11-14H2,1-5H3,(H2,23,26,28). The number of nitrogens with one attached hydrogen (secondary N) is 2. The van der Waals surface area contributed by atoms with Crippen molar-refractivity contribution in [2.45, 2.75) is 46.6 Å². The van der Waals surface area contributed by atoms with Gasteiger partial charge in [-0.25, -0.2) is 14.8 Å². The smallest absolute Gasteiger partial charge is 0.319 e. The largest absolute Gasteiger partial charge is 0.378 e. The zero-order valence-corrected chi connectivity index (χ0v) is 18.0. The van der Waals surface area contributed by atoms with E-state index in [9.17, 15) is 4.79 Å². The van der Waals surface area contributed by atoms with Gasteiger partial charge in [0, 0.05) is 41.1 Å². The number of carbonyl (C=O) groups excluding carboxylic acids is 1. The molecular formula is C22H31N5O2. The van der Waals surface area contributed by atoms with Crippen molar-refractivity contribution >= 4 is 17.5 Å². The lowest BCUT2D eigenvalue weighted by molar-refractivity contribution is 0.122. The summed E-state index contributed by atoms with van der Waals surface area (Å²) in [5, 5.41) is 5.75. The third-order valence-corrected chi connectivity index (χ3v) is 4.76. The van der Waals surface area contributed by atoms with Crippen LogP contribution in [-0.4, -0.2) is 47.8 Å². The first kappa shape index (κ1) is 21.0. The number of hydrogen-bond acceptors (Lipinski definition) is 5. The van der Waals surface area contributed by atoms with Crippen molar-refractivity contribution in [3.63, 3.8) is 0 Å². The Hall–Kier alpha value is -2.67. The van der Waals surface area contributed by atoms with Crippen LogP contribution in [0.1, 0.15) is 39.0 Å². The van der Waals surface area contributed by atoms with E-state index >= 15 is 0 Å². The highest BCUT2D eigenvalue weighted by atomic mass is 16.5. The molecule has 0 atom stereocenters. The second kappa shape index (κ2) is 8.78. The number of aryl methyl sites for hydroxylation is 1. The molecular weight excluding hydrogens is 366 g/mol. The summed E-state index contributed by atoms with van der Waals surface area (Å²) in [4.78, 5) is 24.0. The normalized spacial score (nSPS) is 14.6. The fraction of sp³-hybridized carbons (Fsp3) is 0.500. The van der Waals surface area contributed by atoms with Crippen molar-refractivity contribution in [1.82, 2.24) is 15.3 Å². The van der Waals surface area contributed by atoms with Crippen molar-refractivity contribution in [3.8, 4) is 11.4 Å². The highest BCUT2D eigenvalue weighted by Gasteiger charge is 2.19. The maximum atomic E-state index is 12.1. The summed E-state index contributed by atoms with van der Waals surface area (Å²) in [6.07, 6.45) is 0.852. The van der Waals surface area contributed by atoms with Gasteiger partial charge in [-0.2, -0.15) is 0 Å². The SMILES string of the molecule is CCc1nc(-c2ccc(NC(=O)NC(C)(C)C)cc2)nc(N2CCOCC2)c1C. The van der Waals surface area contributed by atoms with Gasteiger partial charge in [0.1, 0.15) is 5.82 Å². The lowest BCUT2D eigenvalue weighted by Gasteiger charge is -2.29. The van der Waals surface area contributed by atoms with Gasteiger partial charge in [-0.15, -0.1) is 0 Å². The highest BCUT2D eigenvalue weighted by Crippen LogP contribution is 2.26. The topological polar surface area (TPSA) is 79.4 Å². The van der Waals surface area contributed by atoms with Gasteiger partial charge in [0.15, 0.2) is 5.82 Å². The van der Waals surface area contributed by atoms with Crippen LogP contribution in [-0.2, 0) is 11.2 Å². The summed E-state index contributed by atoms with van der Waals surface area (Å²) in [5.74, 6) is 1.70. The number of anilines is 2. The van der Waals surface area contributed by atoms with Gasteiger partial charge in [-0.05, 0) is 58.4 Å². The van der Waals surface area contributed by atoms with Crippen LogP contribution in [0.25, 0.3) is 11.4 Å². The molecule has 1 aromatic heterocycles. The van der Waals surface area contributed by atoms with Crippen LogP contribution < -0.4 is 15.5 Å². The Labute approximate surface area is 172 Å². The first-order chi connectivity index (χ1) is 13.8. The highest BCUT2D eigenvalue weighted by molar-refractivity contribution is 5.89. The summed E-state index contributed by atoms with van der Waals surface area (Å²) in [7, 11) is 0. The summed E-state index contributed by atoms with van der Waals surface area (Å²) < 4.78 is 5.48. The molecule has 2 heterocycles. The monoisotopic (exact) mass is 397 g/mol. The number of ether oxygens (including phenoxy) is 1. The maximum Gasteiger partial charge on any atom is 0.319 e. The summed E-state index contributed by atoms with van der Waals surface area (Å²) in [6, 6.07) is 7.42. The van der Waals surface area contributed by atoms with Crippen LogP contribution in [0.5, 0.6) is 0 Å². The number of hydrogen-bond donors (Lipinski definition) is 2. The quantitative estimate of drug-likeness (QED) is 0.821. The lowest BCUT2D eigenvalue weighted by Crippen LogP contribution is -2.43. The molecule has 7 nitrogen and oxygen atoms in total. The molecule has 0 radical (unpaired) electrons. The molecule has 29 heavy (non-hydrogen) atoms. The molecule has 0 aliphatic carbocycles. The van der Waals surface area contributed by atoms with E-state index < -0.39 is 0 Å². The summed E-state index contributed by atoms with van der Waals surface area (Å²) in [5.41, 5.74) is 3.56. The Morgan fingerprint density at radius 3 is 2.38 bits per heavy atom. The van der Waals surface area contributed by atoms with Gasteiger partial charge < -0.3 is 20.3 Å². The molecule has 0 saturated carbocycles. The van der Waals surface area contributed by atoms with Gasteiger partial charge in [-0.1, -0.05) is 6.92 Å². The van der Waals surface area contributed by atoms with E-state index in [0.717, 1.165) is 61.1 Å². The Morgan fingerprint density at radius 2 is 1.79 bits per heavy atom. The lowest BCUT2D eigenvalue weighted by atomic mass is 10.1. The average molecular weight is 398 g/mol. The van der Waals surface area contributed by atoms with Crippen molar-refractivity contribution in [2.75, 3.05) is 36.5 Å². The predicted molar refractivity (Wildman–Crippen MR) is 117 cm³/mol. The Balaban J connectivity index is 1.83. The zero-order valence-electron chi connectivity index (χ0n) is 18.0. The van der Waals surface area contributed by atoms with E-state index in [-0.39, 0.29) is 11.6 Å². The number of aromatic nitrogens is 2. The van der Waals surface area contributed by atoms with E-state index in [4.69, 9.17) is 14.7 Å². The fourth-order valence-electron chi connectivity index (χ4n) is 3.31. The maximum absolute atomic E-state index is 12.1. The molecule has 0 bridgehead atoms. The van der Waals surface area contributed by atoms with Gasteiger partial charge in [0.2, 0.25) is 0 Å². The van der Waals surface area contributed by atoms with Crippen molar-refractivity contribution in [3.05, 3.63) is 35.5 Å². The number of benzene rings is 1. The minimum absolute atomic E-state index is 0.222. The molecule has 1 aliphatic rings. The van der Waals surface area contributed by atoms with E-state index in [1.165, 1.54) is 0 Å². The Bertz CT molecular complexity index is 853. The van der Waals surface area contributed by atoms with Crippen LogP contribution in [0, 0.1) is 6.92 Å². The first-order valence-corrected chi connectivity index (χ1v) is 10.2. The van der Waals surface area contributed by atoms with E-state index in [1.807, 2.05) is 45.0 Å². The van der Waals surface area contributed by atoms with E-state index in [2.05, 4.69) is 29.4 Å². The molecule has 1 aromatic carbocycles. The Morgan fingerprint density at radius 1 is 1.14 bits per heavy atom. The molecule has 1 aliphatic heterocycles. The molecule has 156 valence electrons. The van der Waals surface area contributed by atoms with Crippen LogP contribution in [0.4, 0.5) is 16.3 Å². The van der Waals surface area contributed by atoms with Gasteiger partial charge in [0.25, 0.3) is 0 Å². The Kier molecular flexibility index (Phi) is 6.37.